The van der Waals surface area contributed by atoms with E-state index in [0.717, 1.165) is 12.0 Å². The minimum absolute atomic E-state index is 0.0415. The predicted molar refractivity (Wildman–Crippen MR) is 101 cm³/mol. The van der Waals surface area contributed by atoms with E-state index in [1.54, 1.807) is 7.05 Å². The van der Waals surface area contributed by atoms with E-state index in [-0.39, 0.29) is 30.1 Å². The Bertz CT molecular complexity index is 864. The molecule has 1 aliphatic heterocycles. The summed E-state index contributed by atoms with van der Waals surface area (Å²) in [5, 5.41) is 0. The highest BCUT2D eigenvalue weighted by atomic mass is 32.2. The normalized spacial score (nSPS) is 18.4. The van der Waals surface area contributed by atoms with E-state index in [4.69, 9.17) is 4.74 Å². The van der Waals surface area contributed by atoms with Gasteiger partial charge in [0.15, 0.2) is 16.4 Å². The van der Waals surface area contributed by atoms with Crippen molar-refractivity contribution in [2.75, 3.05) is 25.2 Å². The first-order valence-corrected chi connectivity index (χ1v) is 10.5. The molecule has 6 heteroatoms. The summed E-state index contributed by atoms with van der Waals surface area (Å²) in [5.41, 5.74) is 2.18. The quantitative estimate of drug-likeness (QED) is 0.779. The minimum Gasteiger partial charge on any atom is -0.483 e. The lowest BCUT2D eigenvalue weighted by molar-refractivity contribution is -0.133. The van der Waals surface area contributed by atoms with Gasteiger partial charge in [-0.1, -0.05) is 48.5 Å². The molecule has 1 saturated heterocycles. The van der Waals surface area contributed by atoms with Gasteiger partial charge in [0.05, 0.1) is 11.5 Å². The molecule has 1 amide bonds. The lowest BCUT2D eigenvalue weighted by Gasteiger charge is -2.23. The Hall–Kier alpha value is -2.34. The average molecular weight is 373 g/mol. The number of rotatable bonds is 6. The van der Waals surface area contributed by atoms with Crippen LogP contribution in [0.5, 0.6) is 5.75 Å². The summed E-state index contributed by atoms with van der Waals surface area (Å²) in [6, 6.07) is 17.5. The van der Waals surface area contributed by atoms with Crippen molar-refractivity contribution in [1.29, 1.82) is 0 Å². The number of ether oxygens (including phenoxy) is 1. The summed E-state index contributed by atoms with van der Waals surface area (Å²) in [5.74, 6) is 0.661. The van der Waals surface area contributed by atoms with Gasteiger partial charge >= 0.3 is 0 Å². The van der Waals surface area contributed by atoms with Crippen LogP contribution in [0, 0.1) is 0 Å². The van der Waals surface area contributed by atoms with Gasteiger partial charge < -0.3 is 9.64 Å². The van der Waals surface area contributed by atoms with Crippen molar-refractivity contribution in [2.24, 2.45) is 0 Å². The lowest BCUT2D eigenvalue weighted by atomic mass is 10.0. The van der Waals surface area contributed by atoms with Gasteiger partial charge in [0.25, 0.3) is 5.91 Å². The van der Waals surface area contributed by atoms with Crippen molar-refractivity contribution < 1.29 is 17.9 Å². The third-order valence-corrected chi connectivity index (χ3v) is 6.46. The van der Waals surface area contributed by atoms with Crippen LogP contribution in [0.2, 0.25) is 0 Å². The Morgan fingerprint density at radius 3 is 2.50 bits per heavy atom. The van der Waals surface area contributed by atoms with E-state index < -0.39 is 9.84 Å². The number of nitrogens with zero attached hydrogens (tertiary/aromatic N) is 1. The van der Waals surface area contributed by atoms with Crippen LogP contribution in [0.4, 0.5) is 0 Å². The van der Waals surface area contributed by atoms with Crippen LogP contribution in [-0.4, -0.2) is 50.4 Å². The Kier molecular flexibility index (Phi) is 5.61. The number of sulfone groups is 1. The molecule has 0 bridgehead atoms. The molecule has 0 radical (unpaired) electrons. The van der Waals surface area contributed by atoms with Crippen molar-refractivity contribution in [3.63, 3.8) is 0 Å². The number of carbonyl (C=O) groups is 1. The van der Waals surface area contributed by atoms with E-state index >= 15 is 0 Å². The zero-order valence-electron chi connectivity index (χ0n) is 14.8. The van der Waals surface area contributed by atoms with Gasteiger partial charge in [-0.3, -0.25) is 4.79 Å². The maximum Gasteiger partial charge on any atom is 0.260 e. The number of hydrogen-bond acceptors (Lipinski definition) is 4. The second kappa shape index (κ2) is 7.91. The van der Waals surface area contributed by atoms with Gasteiger partial charge in [0.1, 0.15) is 5.75 Å². The highest BCUT2D eigenvalue weighted by molar-refractivity contribution is 7.91. The summed E-state index contributed by atoms with van der Waals surface area (Å²) in [6.45, 7) is -0.0984. The Morgan fingerprint density at radius 2 is 1.81 bits per heavy atom. The standard InChI is InChI=1S/C20H23NO4S/c1-21(18-11-12-26(23,24)15-18)20(22)14-25-19-10-6-5-9-17(19)13-16-7-3-2-4-8-16/h2-10,18H,11-15H2,1H3/t18-/m0/s1. The van der Waals surface area contributed by atoms with Crippen LogP contribution in [-0.2, 0) is 21.1 Å². The summed E-state index contributed by atoms with van der Waals surface area (Å²) in [7, 11) is -1.37. The second-order valence-corrected chi connectivity index (χ2v) is 8.85. The minimum atomic E-state index is -3.02. The van der Waals surface area contributed by atoms with Crippen LogP contribution in [0.25, 0.3) is 0 Å². The molecule has 1 fully saturated rings. The molecule has 3 rings (SSSR count). The van der Waals surface area contributed by atoms with Crippen LogP contribution in [0.15, 0.2) is 54.6 Å². The first-order valence-electron chi connectivity index (χ1n) is 8.65. The van der Waals surface area contributed by atoms with Crippen molar-refractivity contribution >= 4 is 15.7 Å². The lowest BCUT2D eigenvalue weighted by Crippen LogP contribution is -2.40. The Morgan fingerprint density at radius 1 is 1.12 bits per heavy atom. The van der Waals surface area contributed by atoms with Gasteiger partial charge in [-0.05, 0) is 23.6 Å². The Balaban J connectivity index is 1.62. The predicted octanol–water partition coefficient (Wildman–Crippen LogP) is 2.30. The molecule has 26 heavy (non-hydrogen) atoms. The number of benzene rings is 2. The van der Waals surface area contributed by atoms with Crippen LogP contribution < -0.4 is 4.74 Å². The molecule has 138 valence electrons. The highest BCUT2D eigenvalue weighted by Gasteiger charge is 2.32. The molecule has 0 aliphatic carbocycles. The van der Waals surface area contributed by atoms with Crippen LogP contribution >= 0.6 is 0 Å². The molecule has 2 aromatic rings. The molecule has 0 N–H and O–H groups in total. The second-order valence-electron chi connectivity index (χ2n) is 6.62. The zero-order chi connectivity index (χ0) is 18.6. The van der Waals surface area contributed by atoms with Crippen molar-refractivity contribution in [3.8, 4) is 5.75 Å². The molecular formula is C20H23NO4S. The molecular weight excluding hydrogens is 350 g/mol. The molecule has 1 atom stereocenters. The maximum atomic E-state index is 12.4. The van der Waals surface area contributed by atoms with Gasteiger partial charge in [0, 0.05) is 19.5 Å². The van der Waals surface area contributed by atoms with Gasteiger partial charge in [0.2, 0.25) is 0 Å². The largest absolute Gasteiger partial charge is 0.483 e. The summed E-state index contributed by atoms with van der Waals surface area (Å²) < 4.78 is 29.0. The molecule has 0 unspecified atom stereocenters. The molecule has 1 heterocycles. The van der Waals surface area contributed by atoms with Crippen molar-refractivity contribution in [3.05, 3.63) is 65.7 Å². The molecule has 0 saturated carbocycles. The molecule has 0 spiro atoms. The number of amides is 1. The fourth-order valence-electron chi connectivity index (χ4n) is 3.13. The van der Waals surface area contributed by atoms with Crippen molar-refractivity contribution in [1.82, 2.24) is 4.90 Å². The molecule has 5 nitrogen and oxygen atoms in total. The first-order chi connectivity index (χ1) is 12.4. The maximum absolute atomic E-state index is 12.4. The van der Waals surface area contributed by atoms with E-state index in [9.17, 15) is 13.2 Å². The fraction of sp³-hybridized carbons (Fsp3) is 0.350. The molecule has 1 aliphatic rings. The van der Waals surface area contributed by atoms with Crippen LogP contribution in [0.1, 0.15) is 17.5 Å². The average Bonchev–Trinajstić information content (AvgIpc) is 3.01. The van der Waals surface area contributed by atoms with E-state index in [2.05, 4.69) is 12.1 Å². The summed E-state index contributed by atoms with van der Waals surface area (Å²) in [4.78, 5) is 13.9. The summed E-state index contributed by atoms with van der Waals surface area (Å²) >= 11 is 0. The monoisotopic (exact) mass is 373 g/mol. The molecule has 0 aromatic heterocycles. The Labute approximate surface area is 154 Å². The number of para-hydroxylation sites is 1. The van der Waals surface area contributed by atoms with E-state index in [1.807, 2.05) is 42.5 Å². The van der Waals surface area contributed by atoms with Gasteiger partial charge in [-0.25, -0.2) is 8.42 Å². The topological polar surface area (TPSA) is 63.7 Å². The van der Waals surface area contributed by atoms with Gasteiger partial charge in [-0.15, -0.1) is 0 Å². The molecule has 2 aromatic carbocycles. The third kappa shape index (κ3) is 4.64. The highest BCUT2D eigenvalue weighted by Crippen LogP contribution is 2.22. The van der Waals surface area contributed by atoms with E-state index in [0.29, 0.717) is 12.2 Å². The smallest absolute Gasteiger partial charge is 0.260 e. The number of hydrogen-bond donors (Lipinski definition) is 0. The number of likely N-dealkylation sites (N-methyl/N-ethyl adjacent to an activating group) is 1. The third-order valence-electron chi connectivity index (χ3n) is 4.71. The SMILES string of the molecule is CN(C(=O)COc1ccccc1Cc1ccccc1)[C@H]1CCS(=O)(=O)C1. The van der Waals surface area contributed by atoms with Gasteiger partial charge in [-0.2, -0.15) is 0 Å². The van der Waals surface area contributed by atoms with E-state index in [1.165, 1.54) is 10.5 Å². The fourth-order valence-corrected chi connectivity index (χ4v) is 4.91. The number of carbonyl (C=O) groups excluding carboxylic acids is 1. The zero-order valence-corrected chi connectivity index (χ0v) is 15.6. The van der Waals surface area contributed by atoms with Crippen LogP contribution in [0.3, 0.4) is 0 Å². The first kappa shape index (κ1) is 18.5. The van der Waals surface area contributed by atoms with Crippen molar-refractivity contribution in [2.45, 2.75) is 18.9 Å². The summed E-state index contributed by atoms with van der Waals surface area (Å²) in [6.07, 6.45) is 1.22.